The summed E-state index contributed by atoms with van der Waals surface area (Å²) in [6.45, 7) is 1.24. The van der Waals surface area contributed by atoms with E-state index in [1.165, 1.54) is 7.11 Å². The van der Waals surface area contributed by atoms with Crippen LogP contribution in [0, 0.1) is 0 Å². The minimum Gasteiger partial charge on any atom is -0.468 e. The molecule has 27 heavy (non-hydrogen) atoms. The number of benzene rings is 2. The molecule has 0 aliphatic carbocycles. The molecule has 0 amide bonds. The molecule has 3 rings (SSSR count). The fourth-order valence-corrected chi connectivity index (χ4v) is 3.10. The summed E-state index contributed by atoms with van der Waals surface area (Å²) in [7, 11) is 1.19. The van der Waals surface area contributed by atoms with E-state index in [2.05, 4.69) is 9.72 Å². The summed E-state index contributed by atoms with van der Waals surface area (Å²) in [6.07, 6.45) is 0.225. The maximum absolute atomic E-state index is 13.4. The molecule has 0 atom stereocenters. The van der Waals surface area contributed by atoms with Gasteiger partial charge in [-0.25, -0.2) is 4.79 Å². The van der Waals surface area contributed by atoms with Gasteiger partial charge >= 0.3 is 11.7 Å². The third-order valence-corrected chi connectivity index (χ3v) is 4.41. The largest absolute Gasteiger partial charge is 0.468 e. The third kappa shape index (κ3) is 3.31. The number of rotatable bonds is 5. The van der Waals surface area contributed by atoms with Gasteiger partial charge in [-0.15, -0.1) is 0 Å². The zero-order valence-corrected chi connectivity index (χ0v) is 14.9. The molecule has 1 heterocycles. The molecule has 0 spiro atoms. The van der Waals surface area contributed by atoms with E-state index in [1.54, 1.807) is 31.2 Å². The first-order chi connectivity index (χ1) is 13.0. The lowest BCUT2D eigenvalue weighted by atomic mass is 9.97. The number of aromatic amines is 1. The van der Waals surface area contributed by atoms with Crippen molar-refractivity contribution >= 4 is 22.5 Å². The maximum atomic E-state index is 13.4. The van der Waals surface area contributed by atoms with Crippen molar-refractivity contribution in [1.82, 2.24) is 9.55 Å². The van der Waals surface area contributed by atoms with Gasteiger partial charge in [-0.2, -0.15) is 0 Å². The van der Waals surface area contributed by atoms with Crippen LogP contribution >= 0.6 is 0 Å². The van der Waals surface area contributed by atoms with Gasteiger partial charge in [0, 0.05) is 11.1 Å². The molecule has 0 radical (unpaired) electrons. The van der Waals surface area contributed by atoms with Crippen molar-refractivity contribution in [3.05, 3.63) is 80.1 Å². The van der Waals surface area contributed by atoms with Crippen LogP contribution in [0.3, 0.4) is 0 Å². The van der Waals surface area contributed by atoms with Crippen molar-refractivity contribution < 1.29 is 14.3 Å². The molecule has 7 nitrogen and oxygen atoms in total. The van der Waals surface area contributed by atoms with E-state index < -0.39 is 29.5 Å². The molecule has 3 aromatic rings. The van der Waals surface area contributed by atoms with Gasteiger partial charge in [0.1, 0.15) is 12.2 Å². The molecule has 0 fully saturated rings. The van der Waals surface area contributed by atoms with Crippen LogP contribution in [0.1, 0.15) is 28.5 Å². The van der Waals surface area contributed by atoms with E-state index in [4.69, 9.17) is 0 Å². The summed E-state index contributed by atoms with van der Waals surface area (Å²) in [6, 6.07) is 12.6. The van der Waals surface area contributed by atoms with Gasteiger partial charge in [-0.3, -0.25) is 23.9 Å². The number of ketones is 1. The van der Waals surface area contributed by atoms with E-state index in [0.717, 1.165) is 9.95 Å². The Balaban J connectivity index is 2.31. The average molecular weight is 366 g/mol. The highest BCUT2D eigenvalue weighted by Gasteiger charge is 2.24. The number of ether oxygens (including phenoxy) is 1. The Hall–Kier alpha value is -3.48. The number of hydrogen-bond acceptors (Lipinski definition) is 5. The monoisotopic (exact) mass is 366 g/mol. The van der Waals surface area contributed by atoms with Crippen molar-refractivity contribution in [3.63, 3.8) is 0 Å². The van der Waals surface area contributed by atoms with Crippen LogP contribution in [0.2, 0.25) is 0 Å². The van der Waals surface area contributed by atoms with Gasteiger partial charge in [0.2, 0.25) is 5.78 Å². The molecule has 0 saturated heterocycles. The number of hydrogen-bond donors (Lipinski definition) is 1. The standard InChI is InChI=1S/C20H18N2O5/c1-3-13-17(22(11-16(23)27-2)20(26)21-19(13)25)18(24)15-10-6-8-12-7-4-5-9-14(12)15/h4-10H,3,11H2,1-2H3,(H,21,25,26). The summed E-state index contributed by atoms with van der Waals surface area (Å²) in [5.74, 6) is -1.19. The van der Waals surface area contributed by atoms with E-state index in [-0.39, 0.29) is 17.7 Å². The number of H-pyrrole nitrogens is 1. The maximum Gasteiger partial charge on any atom is 0.329 e. The number of fused-ring (bicyclic) bond motifs is 1. The molecule has 0 aliphatic heterocycles. The van der Waals surface area contributed by atoms with Crippen LogP contribution < -0.4 is 11.2 Å². The molecule has 2 aromatic carbocycles. The van der Waals surface area contributed by atoms with Crippen molar-refractivity contribution in [1.29, 1.82) is 0 Å². The first-order valence-corrected chi connectivity index (χ1v) is 8.43. The Bertz CT molecular complexity index is 1150. The van der Waals surface area contributed by atoms with Crippen LogP contribution in [0.4, 0.5) is 0 Å². The summed E-state index contributed by atoms with van der Waals surface area (Å²) in [5.41, 5.74) is -1.05. The molecule has 0 saturated carbocycles. The minimum atomic E-state index is -0.828. The lowest BCUT2D eigenvalue weighted by molar-refractivity contribution is -0.141. The fraction of sp³-hybridized carbons (Fsp3) is 0.200. The highest BCUT2D eigenvalue weighted by molar-refractivity contribution is 6.16. The summed E-state index contributed by atoms with van der Waals surface area (Å²) in [5, 5.41) is 1.55. The quantitative estimate of drug-likeness (QED) is 0.547. The van der Waals surface area contributed by atoms with Crippen LogP contribution in [0.5, 0.6) is 0 Å². The number of esters is 1. The zero-order chi connectivity index (χ0) is 19.6. The van der Waals surface area contributed by atoms with Crippen LogP contribution in [-0.4, -0.2) is 28.4 Å². The van der Waals surface area contributed by atoms with Crippen molar-refractivity contribution in [2.24, 2.45) is 0 Å². The van der Waals surface area contributed by atoms with E-state index in [0.29, 0.717) is 10.9 Å². The Morgan fingerprint density at radius 2 is 1.78 bits per heavy atom. The SMILES string of the molecule is CCc1c(C(=O)c2cccc3ccccc23)n(CC(=O)OC)c(=O)[nH]c1=O. The number of carbonyl (C=O) groups is 2. The van der Waals surface area contributed by atoms with Gasteiger partial charge < -0.3 is 4.74 Å². The number of nitrogens with zero attached hydrogens (tertiary/aromatic N) is 1. The van der Waals surface area contributed by atoms with Gasteiger partial charge in [0.15, 0.2) is 0 Å². The van der Waals surface area contributed by atoms with Crippen molar-refractivity contribution in [3.8, 4) is 0 Å². The van der Waals surface area contributed by atoms with Gasteiger partial charge in [0.25, 0.3) is 5.56 Å². The Morgan fingerprint density at radius 1 is 1.07 bits per heavy atom. The second-order valence-electron chi connectivity index (χ2n) is 5.96. The van der Waals surface area contributed by atoms with Crippen molar-refractivity contribution in [2.75, 3.05) is 7.11 Å². The summed E-state index contributed by atoms with van der Waals surface area (Å²) in [4.78, 5) is 51.9. The average Bonchev–Trinajstić information content (AvgIpc) is 2.68. The molecular weight excluding hydrogens is 348 g/mol. The second-order valence-corrected chi connectivity index (χ2v) is 5.96. The fourth-order valence-electron chi connectivity index (χ4n) is 3.10. The summed E-state index contributed by atoms with van der Waals surface area (Å²) >= 11 is 0. The van der Waals surface area contributed by atoms with E-state index in [1.807, 2.05) is 18.2 Å². The van der Waals surface area contributed by atoms with Gasteiger partial charge in [0.05, 0.1) is 7.11 Å². The van der Waals surface area contributed by atoms with Crippen molar-refractivity contribution in [2.45, 2.75) is 19.9 Å². The number of nitrogens with one attached hydrogen (secondary N) is 1. The smallest absolute Gasteiger partial charge is 0.329 e. The van der Waals surface area contributed by atoms with E-state index in [9.17, 15) is 19.2 Å². The van der Waals surface area contributed by atoms with Gasteiger partial charge in [-0.1, -0.05) is 49.4 Å². The lowest BCUT2D eigenvalue weighted by Gasteiger charge is -2.15. The first kappa shape index (κ1) is 18.3. The number of carbonyl (C=O) groups excluding carboxylic acids is 2. The molecule has 1 N–H and O–H groups in total. The normalized spacial score (nSPS) is 10.7. The predicted octanol–water partition coefficient (Wildman–Crippen LogP) is 1.66. The molecular formula is C20H18N2O5. The van der Waals surface area contributed by atoms with Gasteiger partial charge in [-0.05, 0) is 17.2 Å². The Kier molecular flexibility index (Phi) is 5.03. The molecule has 138 valence electrons. The van der Waals surface area contributed by atoms with Crippen LogP contribution in [0.15, 0.2) is 52.1 Å². The van der Waals surface area contributed by atoms with E-state index >= 15 is 0 Å². The molecule has 0 aliphatic rings. The van der Waals surface area contributed by atoms with Crippen LogP contribution in [-0.2, 0) is 22.5 Å². The second kappa shape index (κ2) is 7.41. The molecule has 0 bridgehead atoms. The highest BCUT2D eigenvalue weighted by atomic mass is 16.5. The predicted molar refractivity (Wildman–Crippen MR) is 100 cm³/mol. The van der Waals surface area contributed by atoms with Crippen LogP contribution in [0.25, 0.3) is 10.8 Å². The molecule has 1 aromatic heterocycles. The number of aromatic nitrogens is 2. The molecule has 7 heteroatoms. The number of methoxy groups -OCH3 is 1. The minimum absolute atomic E-state index is 0.0898. The first-order valence-electron chi connectivity index (χ1n) is 8.43. The summed E-state index contributed by atoms with van der Waals surface area (Å²) < 4.78 is 5.59. The highest BCUT2D eigenvalue weighted by Crippen LogP contribution is 2.22. The topological polar surface area (TPSA) is 98.2 Å². The Morgan fingerprint density at radius 3 is 2.48 bits per heavy atom. The third-order valence-electron chi connectivity index (χ3n) is 4.41. The lowest BCUT2D eigenvalue weighted by Crippen LogP contribution is -2.39. The molecule has 0 unspecified atom stereocenters. The Labute approximate surface area is 154 Å². The zero-order valence-electron chi connectivity index (χ0n) is 14.9.